The first-order valence-electron chi connectivity index (χ1n) is 5.47. The van der Waals surface area contributed by atoms with Gasteiger partial charge in [-0.2, -0.15) is 0 Å². The summed E-state index contributed by atoms with van der Waals surface area (Å²) in [5, 5.41) is 0. The lowest BCUT2D eigenvalue weighted by atomic mass is 10.0. The molecule has 2 rings (SSSR count). The lowest BCUT2D eigenvalue weighted by Crippen LogP contribution is -2.30. The maximum atomic E-state index is 11.9. The van der Waals surface area contributed by atoms with Crippen molar-refractivity contribution >= 4 is 17.4 Å². The zero-order valence-electron chi connectivity index (χ0n) is 9.91. The van der Waals surface area contributed by atoms with E-state index in [4.69, 9.17) is 6.42 Å². The lowest BCUT2D eigenvalue weighted by Gasteiger charge is -2.17. The number of aryl methyl sites for hydroxylation is 2. The van der Waals surface area contributed by atoms with Crippen LogP contribution in [0, 0.1) is 26.2 Å². The minimum Gasteiger partial charge on any atom is -0.304 e. The van der Waals surface area contributed by atoms with E-state index < -0.39 is 11.7 Å². The quantitative estimate of drug-likeness (QED) is 0.571. The summed E-state index contributed by atoms with van der Waals surface area (Å²) in [6.45, 7) is 4.14. The molecule has 1 aromatic carbocycles. The van der Waals surface area contributed by atoms with Gasteiger partial charge in [0.25, 0.3) is 11.7 Å². The Balaban J connectivity index is 2.56. The number of nitrogens with zero attached hydrogens (tertiary/aromatic N) is 1. The third-order valence-electron chi connectivity index (χ3n) is 3.00. The third-order valence-corrected chi connectivity index (χ3v) is 3.00. The summed E-state index contributed by atoms with van der Waals surface area (Å²) in [5.41, 5.74) is 3.04. The van der Waals surface area contributed by atoms with Crippen LogP contribution in [0.25, 0.3) is 0 Å². The molecule has 0 saturated heterocycles. The molecule has 1 heterocycles. The Morgan fingerprint density at radius 2 is 1.88 bits per heavy atom. The molecule has 0 radical (unpaired) electrons. The largest absolute Gasteiger partial charge is 0.304 e. The van der Waals surface area contributed by atoms with Gasteiger partial charge in [-0.05, 0) is 25.0 Å². The van der Waals surface area contributed by atoms with Crippen LogP contribution in [-0.4, -0.2) is 18.2 Å². The summed E-state index contributed by atoms with van der Waals surface area (Å²) >= 11 is 0. The van der Waals surface area contributed by atoms with Gasteiger partial charge in [0.2, 0.25) is 0 Å². The topological polar surface area (TPSA) is 37.4 Å². The molecule has 0 N–H and O–H groups in total. The maximum Gasteiger partial charge on any atom is 0.299 e. The number of carbonyl (C=O) groups excluding carboxylic acids is 2. The van der Waals surface area contributed by atoms with E-state index in [9.17, 15) is 9.59 Å². The Hall–Kier alpha value is -2.08. The molecule has 0 atom stereocenters. The van der Waals surface area contributed by atoms with Gasteiger partial charge in [0.1, 0.15) is 0 Å². The minimum absolute atomic E-state index is 0.401. The Kier molecular flexibility index (Phi) is 2.72. The fraction of sp³-hybridized carbons (Fsp3) is 0.286. The Morgan fingerprint density at radius 3 is 2.53 bits per heavy atom. The highest BCUT2D eigenvalue weighted by atomic mass is 16.2. The van der Waals surface area contributed by atoms with Gasteiger partial charge in [0, 0.05) is 13.0 Å². The molecule has 1 aliphatic heterocycles. The third kappa shape index (κ3) is 1.62. The van der Waals surface area contributed by atoms with Crippen LogP contribution in [0.4, 0.5) is 5.69 Å². The van der Waals surface area contributed by atoms with E-state index in [1.807, 2.05) is 26.0 Å². The second-order valence-electron chi connectivity index (χ2n) is 4.16. The predicted octanol–water partition coefficient (Wildman–Crippen LogP) is 1.86. The first kappa shape index (κ1) is 11.4. The smallest absolute Gasteiger partial charge is 0.299 e. The molecule has 1 amide bonds. The number of terminal acetylenes is 1. The van der Waals surface area contributed by atoms with Crippen molar-refractivity contribution in [2.45, 2.75) is 20.3 Å². The van der Waals surface area contributed by atoms with Crippen LogP contribution in [-0.2, 0) is 4.79 Å². The van der Waals surface area contributed by atoms with Gasteiger partial charge in [-0.15, -0.1) is 12.3 Å². The fourth-order valence-corrected chi connectivity index (χ4v) is 2.15. The molecular formula is C14H13NO2. The van der Waals surface area contributed by atoms with Crippen molar-refractivity contribution in [2.24, 2.45) is 0 Å². The minimum atomic E-state index is -0.465. The fourth-order valence-electron chi connectivity index (χ4n) is 2.15. The number of fused-ring (bicyclic) bond motifs is 1. The van der Waals surface area contributed by atoms with Crippen LogP contribution in [0.2, 0.25) is 0 Å². The van der Waals surface area contributed by atoms with Gasteiger partial charge in [-0.25, -0.2) is 0 Å². The van der Waals surface area contributed by atoms with Crippen LogP contribution in [0.1, 0.15) is 27.9 Å². The number of amides is 1. The molecule has 0 fully saturated rings. The summed E-state index contributed by atoms with van der Waals surface area (Å²) in [6, 6.07) is 3.78. The van der Waals surface area contributed by atoms with E-state index in [0.29, 0.717) is 18.5 Å². The standard InChI is InChI=1S/C14H13NO2/c1-4-5-8-15-12-10(3)7-6-9(2)11(12)13(16)14(15)17/h1,6-7H,5,8H2,2-3H3. The van der Waals surface area contributed by atoms with Crippen LogP contribution in [0.5, 0.6) is 0 Å². The lowest BCUT2D eigenvalue weighted by molar-refractivity contribution is -0.114. The number of anilines is 1. The highest BCUT2D eigenvalue weighted by Crippen LogP contribution is 2.34. The molecule has 3 nitrogen and oxygen atoms in total. The number of carbonyl (C=O) groups is 2. The van der Waals surface area contributed by atoms with Crippen molar-refractivity contribution in [1.82, 2.24) is 0 Å². The monoisotopic (exact) mass is 227 g/mol. The number of benzene rings is 1. The van der Waals surface area contributed by atoms with E-state index in [1.165, 1.54) is 4.90 Å². The van der Waals surface area contributed by atoms with Crippen LogP contribution < -0.4 is 4.90 Å². The molecule has 17 heavy (non-hydrogen) atoms. The van der Waals surface area contributed by atoms with Gasteiger partial charge in [0.15, 0.2) is 0 Å². The van der Waals surface area contributed by atoms with Crippen LogP contribution in [0.3, 0.4) is 0 Å². The Bertz CT molecular complexity index is 552. The average molecular weight is 227 g/mol. The number of hydrogen-bond donors (Lipinski definition) is 0. The zero-order chi connectivity index (χ0) is 12.6. The summed E-state index contributed by atoms with van der Waals surface area (Å²) in [6.07, 6.45) is 5.65. The van der Waals surface area contributed by atoms with Crippen molar-refractivity contribution in [3.63, 3.8) is 0 Å². The summed E-state index contributed by atoms with van der Waals surface area (Å²) in [4.78, 5) is 25.3. The van der Waals surface area contributed by atoms with Crippen molar-refractivity contribution < 1.29 is 9.59 Å². The molecular weight excluding hydrogens is 214 g/mol. The molecule has 0 spiro atoms. The van der Waals surface area contributed by atoms with Gasteiger partial charge in [-0.3, -0.25) is 9.59 Å². The van der Waals surface area contributed by atoms with E-state index in [2.05, 4.69) is 5.92 Å². The molecule has 86 valence electrons. The van der Waals surface area contributed by atoms with Crippen molar-refractivity contribution in [1.29, 1.82) is 0 Å². The SMILES string of the molecule is C#CCCN1C(=O)C(=O)c2c(C)ccc(C)c21. The average Bonchev–Trinajstić information content (AvgIpc) is 2.56. The molecule has 0 bridgehead atoms. The molecule has 3 heteroatoms. The second-order valence-corrected chi connectivity index (χ2v) is 4.16. The summed E-state index contributed by atoms with van der Waals surface area (Å²) in [7, 11) is 0. The normalized spacial score (nSPS) is 13.8. The van der Waals surface area contributed by atoms with Crippen molar-refractivity contribution in [3.05, 3.63) is 28.8 Å². The highest BCUT2D eigenvalue weighted by Gasteiger charge is 2.37. The van der Waals surface area contributed by atoms with Crippen molar-refractivity contribution in [2.75, 3.05) is 11.4 Å². The van der Waals surface area contributed by atoms with Crippen molar-refractivity contribution in [3.8, 4) is 12.3 Å². The Morgan fingerprint density at radius 1 is 1.24 bits per heavy atom. The number of Topliss-reactive ketones (excluding diaryl/α,β-unsaturated/α-hetero) is 1. The number of rotatable bonds is 2. The number of ketones is 1. The molecule has 0 saturated carbocycles. The van der Waals surface area contributed by atoms with E-state index in [-0.39, 0.29) is 0 Å². The summed E-state index contributed by atoms with van der Waals surface area (Å²) in [5.74, 6) is 1.61. The molecule has 0 unspecified atom stereocenters. The van der Waals surface area contributed by atoms with E-state index in [1.54, 1.807) is 0 Å². The number of hydrogen-bond acceptors (Lipinski definition) is 2. The van der Waals surface area contributed by atoms with Crippen LogP contribution >= 0.6 is 0 Å². The first-order valence-corrected chi connectivity index (χ1v) is 5.47. The Labute approximate surface area is 100 Å². The molecule has 0 aromatic heterocycles. The maximum absolute atomic E-state index is 11.9. The molecule has 0 aliphatic carbocycles. The van der Waals surface area contributed by atoms with E-state index in [0.717, 1.165) is 16.8 Å². The van der Waals surface area contributed by atoms with Gasteiger partial charge < -0.3 is 4.90 Å². The molecule has 1 aromatic rings. The van der Waals surface area contributed by atoms with Gasteiger partial charge >= 0.3 is 0 Å². The zero-order valence-corrected chi connectivity index (χ0v) is 9.91. The van der Waals surface area contributed by atoms with Gasteiger partial charge in [-0.1, -0.05) is 12.1 Å². The van der Waals surface area contributed by atoms with Gasteiger partial charge in [0.05, 0.1) is 11.3 Å². The predicted molar refractivity (Wildman–Crippen MR) is 66.0 cm³/mol. The summed E-state index contributed by atoms with van der Waals surface area (Å²) < 4.78 is 0. The second kappa shape index (κ2) is 4.06. The first-order chi connectivity index (χ1) is 8.07. The molecule has 1 aliphatic rings. The van der Waals surface area contributed by atoms with E-state index >= 15 is 0 Å². The van der Waals surface area contributed by atoms with Crippen LogP contribution in [0.15, 0.2) is 12.1 Å². The highest BCUT2D eigenvalue weighted by molar-refractivity contribution is 6.52.